The summed E-state index contributed by atoms with van der Waals surface area (Å²) in [5.41, 5.74) is 10.6. The number of hydrogen-bond acceptors (Lipinski definition) is 4. The van der Waals surface area contributed by atoms with E-state index in [-0.39, 0.29) is 0 Å². The van der Waals surface area contributed by atoms with Crippen molar-refractivity contribution in [1.29, 1.82) is 0 Å². The van der Waals surface area contributed by atoms with E-state index in [1.54, 1.807) is 10.9 Å². The minimum absolute atomic E-state index is 0.465. The third-order valence-corrected chi connectivity index (χ3v) is 3.85. The van der Waals surface area contributed by atoms with Crippen LogP contribution in [0.1, 0.15) is 5.56 Å². The first-order valence-electron chi connectivity index (χ1n) is 7.41. The molecule has 5 nitrogen and oxygen atoms in total. The lowest BCUT2D eigenvalue weighted by Gasteiger charge is -2.05. The van der Waals surface area contributed by atoms with E-state index in [0.717, 1.165) is 33.4 Å². The molecule has 0 bridgehead atoms. The molecule has 2 aromatic carbocycles. The topological polar surface area (TPSA) is 69.6 Å². The average molecular weight is 301 g/mol. The van der Waals surface area contributed by atoms with Crippen molar-refractivity contribution in [2.75, 3.05) is 0 Å². The molecule has 0 saturated carbocycles. The minimum Gasteiger partial charge on any atom is -0.326 e. The van der Waals surface area contributed by atoms with Gasteiger partial charge in [0.15, 0.2) is 0 Å². The Balaban J connectivity index is 1.77. The van der Waals surface area contributed by atoms with Crippen LogP contribution in [0.25, 0.3) is 27.8 Å². The standard InChI is InChI=1S/C18H15N5/c19-11-15-4-1-2-6-18(15)23-12-17(21-22-23)14-7-8-16-13(10-14)5-3-9-20-16/h1-10,12H,11,19H2. The number of fused-ring (bicyclic) bond motifs is 1. The zero-order chi connectivity index (χ0) is 15.6. The van der Waals surface area contributed by atoms with Crippen molar-refractivity contribution in [3.63, 3.8) is 0 Å². The van der Waals surface area contributed by atoms with Gasteiger partial charge in [-0.15, -0.1) is 5.10 Å². The largest absolute Gasteiger partial charge is 0.326 e. The molecule has 0 radical (unpaired) electrons. The van der Waals surface area contributed by atoms with E-state index in [1.807, 2.05) is 54.7 Å². The van der Waals surface area contributed by atoms with Crippen molar-refractivity contribution in [2.45, 2.75) is 6.54 Å². The van der Waals surface area contributed by atoms with Crippen LogP contribution in [0.3, 0.4) is 0 Å². The highest BCUT2D eigenvalue weighted by Crippen LogP contribution is 2.23. The summed E-state index contributed by atoms with van der Waals surface area (Å²) >= 11 is 0. The Bertz CT molecular complexity index is 974. The predicted octanol–water partition coefficient (Wildman–Crippen LogP) is 2.94. The van der Waals surface area contributed by atoms with E-state index in [0.29, 0.717) is 6.54 Å². The van der Waals surface area contributed by atoms with Crippen LogP contribution in [0, 0.1) is 0 Å². The van der Waals surface area contributed by atoms with Gasteiger partial charge in [-0.25, -0.2) is 4.68 Å². The summed E-state index contributed by atoms with van der Waals surface area (Å²) in [4.78, 5) is 4.34. The molecule has 0 spiro atoms. The fourth-order valence-corrected chi connectivity index (χ4v) is 2.66. The van der Waals surface area contributed by atoms with E-state index in [9.17, 15) is 0 Å². The molecule has 0 atom stereocenters. The molecule has 4 rings (SSSR count). The number of nitrogens with zero attached hydrogens (tertiary/aromatic N) is 4. The molecule has 0 fully saturated rings. The van der Waals surface area contributed by atoms with Crippen molar-refractivity contribution in [2.24, 2.45) is 5.73 Å². The van der Waals surface area contributed by atoms with E-state index in [1.165, 1.54) is 0 Å². The highest BCUT2D eigenvalue weighted by atomic mass is 15.4. The highest BCUT2D eigenvalue weighted by Gasteiger charge is 2.08. The molecule has 0 aliphatic heterocycles. The first-order chi connectivity index (χ1) is 11.3. The fraction of sp³-hybridized carbons (Fsp3) is 0.0556. The third kappa shape index (κ3) is 2.47. The van der Waals surface area contributed by atoms with Crippen molar-refractivity contribution in [3.05, 3.63) is 72.6 Å². The Hall–Kier alpha value is -3.05. The van der Waals surface area contributed by atoms with Gasteiger partial charge in [-0.2, -0.15) is 0 Å². The summed E-state index contributed by atoms with van der Waals surface area (Å²) in [6.45, 7) is 0.465. The summed E-state index contributed by atoms with van der Waals surface area (Å²) in [5.74, 6) is 0. The summed E-state index contributed by atoms with van der Waals surface area (Å²) in [5, 5.41) is 9.63. The van der Waals surface area contributed by atoms with Crippen molar-refractivity contribution in [3.8, 4) is 16.9 Å². The van der Waals surface area contributed by atoms with E-state index in [2.05, 4.69) is 21.4 Å². The molecule has 5 heteroatoms. The number of rotatable bonds is 3. The van der Waals surface area contributed by atoms with Crippen LogP contribution < -0.4 is 5.73 Å². The van der Waals surface area contributed by atoms with Gasteiger partial charge in [0.2, 0.25) is 0 Å². The molecular weight excluding hydrogens is 286 g/mol. The molecule has 112 valence electrons. The average Bonchev–Trinajstić information content (AvgIpc) is 3.11. The van der Waals surface area contributed by atoms with Crippen molar-refractivity contribution < 1.29 is 0 Å². The molecule has 0 unspecified atom stereocenters. The lowest BCUT2D eigenvalue weighted by Crippen LogP contribution is -2.04. The van der Waals surface area contributed by atoms with Gasteiger partial charge in [0.1, 0.15) is 5.69 Å². The number of para-hydroxylation sites is 1. The van der Waals surface area contributed by atoms with Crippen LogP contribution in [0.2, 0.25) is 0 Å². The van der Waals surface area contributed by atoms with Gasteiger partial charge in [-0.1, -0.05) is 35.5 Å². The molecule has 2 aromatic heterocycles. The van der Waals surface area contributed by atoms with E-state index in [4.69, 9.17) is 5.73 Å². The molecular formula is C18H15N5. The Labute approximate surface area is 133 Å². The number of hydrogen-bond donors (Lipinski definition) is 1. The van der Waals surface area contributed by atoms with Crippen LogP contribution in [0.4, 0.5) is 0 Å². The number of pyridine rings is 1. The van der Waals surface area contributed by atoms with Gasteiger partial charge in [-0.05, 0) is 29.8 Å². The molecule has 23 heavy (non-hydrogen) atoms. The number of benzene rings is 2. The SMILES string of the molecule is NCc1ccccc1-n1cc(-c2ccc3ncccc3c2)nn1. The van der Waals surface area contributed by atoms with Crippen molar-refractivity contribution >= 4 is 10.9 Å². The second-order valence-corrected chi connectivity index (χ2v) is 5.29. The number of aromatic nitrogens is 4. The monoisotopic (exact) mass is 301 g/mol. The zero-order valence-corrected chi connectivity index (χ0v) is 12.4. The molecule has 4 aromatic rings. The maximum Gasteiger partial charge on any atom is 0.113 e. The Morgan fingerprint density at radius 2 is 1.91 bits per heavy atom. The summed E-state index contributed by atoms with van der Waals surface area (Å²) in [7, 11) is 0. The van der Waals surface area contributed by atoms with E-state index < -0.39 is 0 Å². The Morgan fingerprint density at radius 1 is 1.00 bits per heavy atom. The van der Waals surface area contributed by atoms with Crippen LogP contribution in [-0.2, 0) is 6.54 Å². The van der Waals surface area contributed by atoms with Crippen LogP contribution in [0.15, 0.2) is 67.0 Å². The maximum atomic E-state index is 5.80. The quantitative estimate of drug-likeness (QED) is 0.631. The van der Waals surface area contributed by atoms with Gasteiger partial charge in [0, 0.05) is 23.7 Å². The second kappa shape index (κ2) is 5.62. The van der Waals surface area contributed by atoms with Crippen LogP contribution in [0.5, 0.6) is 0 Å². The van der Waals surface area contributed by atoms with Gasteiger partial charge in [-0.3, -0.25) is 4.98 Å². The predicted molar refractivity (Wildman–Crippen MR) is 90.0 cm³/mol. The zero-order valence-electron chi connectivity index (χ0n) is 12.4. The van der Waals surface area contributed by atoms with Gasteiger partial charge >= 0.3 is 0 Å². The minimum atomic E-state index is 0.465. The molecule has 2 heterocycles. The van der Waals surface area contributed by atoms with Gasteiger partial charge in [0.05, 0.1) is 17.4 Å². The Morgan fingerprint density at radius 3 is 2.83 bits per heavy atom. The molecule has 0 saturated heterocycles. The van der Waals surface area contributed by atoms with Crippen molar-refractivity contribution in [1.82, 2.24) is 20.0 Å². The molecule has 0 aliphatic carbocycles. The summed E-state index contributed by atoms with van der Waals surface area (Å²) in [6, 6.07) is 18.0. The second-order valence-electron chi connectivity index (χ2n) is 5.29. The molecule has 0 aliphatic rings. The van der Waals surface area contributed by atoms with Crippen LogP contribution in [-0.4, -0.2) is 20.0 Å². The molecule has 2 N–H and O–H groups in total. The maximum absolute atomic E-state index is 5.80. The van der Waals surface area contributed by atoms with Crippen LogP contribution >= 0.6 is 0 Å². The Kier molecular flexibility index (Phi) is 3.33. The normalized spacial score (nSPS) is 11.0. The summed E-state index contributed by atoms with van der Waals surface area (Å²) < 4.78 is 1.77. The lowest BCUT2D eigenvalue weighted by atomic mass is 10.1. The third-order valence-electron chi connectivity index (χ3n) is 3.85. The first-order valence-corrected chi connectivity index (χ1v) is 7.41. The smallest absolute Gasteiger partial charge is 0.113 e. The van der Waals surface area contributed by atoms with Gasteiger partial charge in [0.25, 0.3) is 0 Å². The van der Waals surface area contributed by atoms with Gasteiger partial charge < -0.3 is 5.73 Å². The highest BCUT2D eigenvalue weighted by molar-refractivity contribution is 5.83. The number of nitrogens with two attached hydrogens (primary N) is 1. The fourth-order valence-electron chi connectivity index (χ4n) is 2.66. The molecule has 0 amide bonds. The van der Waals surface area contributed by atoms with E-state index >= 15 is 0 Å². The lowest BCUT2D eigenvalue weighted by molar-refractivity contribution is 0.792. The first kappa shape index (κ1) is 13.6. The summed E-state index contributed by atoms with van der Waals surface area (Å²) in [6.07, 6.45) is 3.72.